The van der Waals surface area contributed by atoms with Crippen LogP contribution in [0, 0.1) is 11.3 Å². The molecule has 0 unspecified atom stereocenters. The summed E-state index contributed by atoms with van der Waals surface area (Å²) in [7, 11) is 0. The summed E-state index contributed by atoms with van der Waals surface area (Å²) in [5.41, 5.74) is 4.88. The average molecular weight is 221 g/mol. The number of hydrogen-bond acceptors (Lipinski definition) is 3. The molecule has 0 N–H and O–H groups in total. The van der Waals surface area contributed by atoms with Crippen LogP contribution in [0.15, 0.2) is 18.2 Å². The molecule has 1 aromatic carbocycles. The first kappa shape index (κ1) is 9.12. The molecule has 1 saturated carbocycles. The first-order valence-corrected chi connectivity index (χ1v) is 6.07. The topological polar surface area (TPSA) is 49.6 Å². The second kappa shape index (κ2) is 3.04. The van der Waals surface area contributed by atoms with Crippen LogP contribution in [0.5, 0.6) is 0 Å². The summed E-state index contributed by atoms with van der Waals surface area (Å²) < 4.78 is 0. The van der Waals surface area contributed by atoms with Crippen molar-refractivity contribution in [3.63, 3.8) is 0 Å². The Labute approximate surface area is 99.1 Å². The molecule has 2 bridgehead atoms. The van der Waals surface area contributed by atoms with Gasteiger partial charge in [0.1, 0.15) is 0 Å². The number of hydrogen-bond donors (Lipinski definition) is 0. The van der Waals surface area contributed by atoms with E-state index in [-0.39, 0.29) is 0 Å². The Balaban J connectivity index is 2.01. The van der Waals surface area contributed by atoms with Crippen LogP contribution >= 0.6 is 0 Å². The lowest BCUT2D eigenvalue weighted by Crippen LogP contribution is -2.04. The quantitative estimate of drug-likeness (QED) is 0.687. The molecule has 3 heteroatoms. The smallest absolute Gasteiger partial charge is 0.0992 e. The van der Waals surface area contributed by atoms with Crippen LogP contribution in [0.25, 0.3) is 11.0 Å². The lowest BCUT2D eigenvalue weighted by Gasteiger charge is -2.13. The van der Waals surface area contributed by atoms with Crippen LogP contribution in [0.4, 0.5) is 0 Å². The van der Waals surface area contributed by atoms with Gasteiger partial charge in [0.2, 0.25) is 0 Å². The summed E-state index contributed by atoms with van der Waals surface area (Å²) in [4.78, 5) is 9.48. The van der Waals surface area contributed by atoms with E-state index in [1.807, 2.05) is 18.2 Å². The SMILES string of the molecule is N#Cc1ccc2nc3c(nc2c1)[C@@H]1CC[C@H]3C1. The van der Waals surface area contributed by atoms with E-state index in [0.717, 1.165) is 11.0 Å². The predicted molar refractivity (Wildman–Crippen MR) is 63.6 cm³/mol. The van der Waals surface area contributed by atoms with E-state index in [9.17, 15) is 0 Å². The monoisotopic (exact) mass is 221 g/mol. The minimum absolute atomic E-state index is 0.623. The Hall–Kier alpha value is -1.95. The van der Waals surface area contributed by atoms with Crippen LogP contribution in [0.1, 0.15) is 48.0 Å². The molecule has 4 rings (SSSR count). The molecule has 1 heterocycles. The van der Waals surface area contributed by atoms with Crippen LogP contribution < -0.4 is 0 Å². The molecule has 0 radical (unpaired) electrons. The molecule has 0 saturated heterocycles. The van der Waals surface area contributed by atoms with Gasteiger partial charge >= 0.3 is 0 Å². The molecular formula is C14H11N3. The standard InChI is InChI=1S/C14H11N3/c15-7-8-1-4-11-12(5-8)17-14-10-3-2-9(6-10)13(14)16-11/h1,4-5,9-10H,2-3,6H2/t9-,10+/m0/s1. The van der Waals surface area contributed by atoms with Crippen LogP contribution in [0.2, 0.25) is 0 Å². The Morgan fingerprint density at radius 1 is 1.06 bits per heavy atom. The van der Waals surface area contributed by atoms with Gasteiger partial charge in [-0.1, -0.05) is 0 Å². The van der Waals surface area contributed by atoms with Crippen molar-refractivity contribution in [2.45, 2.75) is 31.1 Å². The highest BCUT2D eigenvalue weighted by Crippen LogP contribution is 2.51. The lowest BCUT2D eigenvalue weighted by molar-refractivity contribution is 0.685. The maximum absolute atomic E-state index is 8.90. The fourth-order valence-corrected chi connectivity index (χ4v) is 3.23. The maximum Gasteiger partial charge on any atom is 0.0992 e. The van der Waals surface area contributed by atoms with E-state index in [1.54, 1.807) is 0 Å². The summed E-state index contributed by atoms with van der Waals surface area (Å²) in [6.45, 7) is 0. The zero-order valence-electron chi connectivity index (χ0n) is 9.35. The number of rotatable bonds is 0. The molecule has 3 nitrogen and oxygen atoms in total. The Morgan fingerprint density at radius 2 is 1.76 bits per heavy atom. The molecule has 2 aromatic rings. The van der Waals surface area contributed by atoms with Crippen molar-refractivity contribution in [2.24, 2.45) is 0 Å². The van der Waals surface area contributed by atoms with E-state index >= 15 is 0 Å². The number of nitrogens with zero attached hydrogens (tertiary/aromatic N) is 3. The van der Waals surface area contributed by atoms with Gasteiger partial charge in [0.05, 0.1) is 34.1 Å². The normalized spacial score (nSPS) is 24.9. The second-order valence-electron chi connectivity index (χ2n) is 5.02. The summed E-state index contributed by atoms with van der Waals surface area (Å²) >= 11 is 0. The van der Waals surface area contributed by atoms with Gasteiger partial charge < -0.3 is 0 Å². The largest absolute Gasteiger partial charge is 0.249 e. The third kappa shape index (κ3) is 1.15. The summed E-state index contributed by atoms with van der Waals surface area (Å²) in [6.07, 6.45) is 3.76. The van der Waals surface area contributed by atoms with Gasteiger partial charge in [-0.3, -0.25) is 0 Å². The highest BCUT2D eigenvalue weighted by molar-refractivity contribution is 5.76. The van der Waals surface area contributed by atoms with Gasteiger partial charge in [-0.2, -0.15) is 5.26 Å². The third-order valence-electron chi connectivity index (χ3n) is 4.05. The number of fused-ring (bicyclic) bond motifs is 6. The fourth-order valence-electron chi connectivity index (χ4n) is 3.23. The predicted octanol–water partition coefficient (Wildman–Crippen LogP) is 2.87. The van der Waals surface area contributed by atoms with Crippen molar-refractivity contribution < 1.29 is 0 Å². The molecule has 17 heavy (non-hydrogen) atoms. The average Bonchev–Trinajstić information content (AvgIpc) is 2.97. The summed E-state index contributed by atoms with van der Waals surface area (Å²) in [6, 6.07) is 7.72. The van der Waals surface area contributed by atoms with Crippen LogP contribution in [0.3, 0.4) is 0 Å². The van der Waals surface area contributed by atoms with Crippen LogP contribution in [-0.2, 0) is 0 Å². The minimum Gasteiger partial charge on any atom is -0.249 e. The van der Waals surface area contributed by atoms with E-state index in [0.29, 0.717) is 17.4 Å². The van der Waals surface area contributed by atoms with E-state index in [2.05, 4.69) is 6.07 Å². The zero-order chi connectivity index (χ0) is 11.4. The second-order valence-corrected chi connectivity index (χ2v) is 5.02. The number of nitriles is 1. The molecular weight excluding hydrogens is 210 g/mol. The molecule has 0 aliphatic heterocycles. The maximum atomic E-state index is 8.90. The van der Waals surface area contributed by atoms with Crippen molar-refractivity contribution in [1.29, 1.82) is 5.26 Å². The van der Waals surface area contributed by atoms with Gasteiger partial charge in [-0.15, -0.1) is 0 Å². The van der Waals surface area contributed by atoms with Crippen molar-refractivity contribution >= 4 is 11.0 Å². The number of benzene rings is 1. The molecule has 0 spiro atoms. The van der Waals surface area contributed by atoms with Gasteiger partial charge in [0, 0.05) is 11.8 Å². The summed E-state index contributed by atoms with van der Waals surface area (Å²) in [5, 5.41) is 8.90. The Kier molecular flexibility index (Phi) is 1.63. The molecule has 2 aliphatic carbocycles. The van der Waals surface area contributed by atoms with Gasteiger partial charge in [0.25, 0.3) is 0 Å². The Morgan fingerprint density at radius 3 is 2.47 bits per heavy atom. The highest BCUT2D eigenvalue weighted by Gasteiger charge is 2.39. The first-order valence-electron chi connectivity index (χ1n) is 6.07. The summed E-state index contributed by atoms with van der Waals surface area (Å²) in [5.74, 6) is 1.26. The van der Waals surface area contributed by atoms with Gasteiger partial charge in [-0.05, 0) is 37.5 Å². The minimum atomic E-state index is 0.623. The van der Waals surface area contributed by atoms with Crippen LogP contribution in [-0.4, -0.2) is 9.97 Å². The van der Waals surface area contributed by atoms with Crippen molar-refractivity contribution in [3.8, 4) is 6.07 Å². The van der Waals surface area contributed by atoms with E-state index in [1.165, 1.54) is 30.7 Å². The van der Waals surface area contributed by atoms with Crippen molar-refractivity contribution in [1.82, 2.24) is 9.97 Å². The Bertz CT molecular complexity index is 669. The third-order valence-corrected chi connectivity index (χ3v) is 4.05. The molecule has 2 atom stereocenters. The van der Waals surface area contributed by atoms with Crippen molar-refractivity contribution in [2.75, 3.05) is 0 Å². The zero-order valence-corrected chi connectivity index (χ0v) is 9.35. The van der Waals surface area contributed by atoms with Crippen molar-refractivity contribution in [3.05, 3.63) is 35.2 Å². The van der Waals surface area contributed by atoms with E-state index in [4.69, 9.17) is 15.2 Å². The molecule has 1 fully saturated rings. The molecule has 1 aromatic heterocycles. The van der Waals surface area contributed by atoms with Gasteiger partial charge in [-0.25, -0.2) is 9.97 Å². The molecule has 2 aliphatic rings. The number of aromatic nitrogens is 2. The van der Waals surface area contributed by atoms with Gasteiger partial charge in [0.15, 0.2) is 0 Å². The first-order chi connectivity index (χ1) is 8.35. The molecule has 0 amide bonds. The van der Waals surface area contributed by atoms with E-state index < -0.39 is 0 Å². The highest BCUT2D eigenvalue weighted by atomic mass is 14.9. The lowest BCUT2D eigenvalue weighted by atomic mass is 10.00. The molecule has 82 valence electrons. The fraction of sp³-hybridized carbons (Fsp3) is 0.357.